The fraction of sp³-hybridized carbons (Fsp3) is 0.351. The molecule has 2 heteroatoms. The predicted molar refractivity (Wildman–Crippen MR) is 167 cm³/mol. The summed E-state index contributed by atoms with van der Waals surface area (Å²) in [5.74, 6) is 1.95. The quantitative estimate of drug-likeness (QED) is 0.252. The second-order valence-electron chi connectivity index (χ2n) is 11.9. The van der Waals surface area contributed by atoms with Crippen molar-refractivity contribution in [3.05, 3.63) is 104 Å². The summed E-state index contributed by atoms with van der Waals surface area (Å²) in [4.78, 5) is 0. The Hall–Kier alpha value is -3.52. The van der Waals surface area contributed by atoms with E-state index in [0.29, 0.717) is 0 Å². The largest absolute Gasteiger partial charge is 0.496 e. The molecule has 0 N–H and O–H groups in total. The lowest BCUT2D eigenvalue weighted by molar-refractivity contribution is 0.408. The molecule has 0 spiro atoms. The first-order chi connectivity index (χ1) is 18.3. The van der Waals surface area contributed by atoms with Crippen LogP contribution in [-0.4, -0.2) is 14.2 Å². The summed E-state index contributed by atoms with van der Waals surface area (Å²) >= 11 is 0. The summed E-state index contributed by atoms with van der Waals surface area (Å²) in [6, 6.07) is 18.5. The Morgan fingerprint density at radius 1 is 0.410 bits per heavy atom. The molecule has 0 amide bonds. The second-order valence-corrected chi connectivity index (χ2v) is 11.9. The Morgan fingerprint density at radius 2 is 0.667 bits per heavy atom. The van der Waals surface area contributed by atoms with Gasteiger partial charge < -0.3 is 9.47 Å². The number of hydrogen-bond donors (Lipinski definition) is 0. The van der Waals surface area contributed by atoms with Crippen molar-refractivity contribution >= 4 is 0 Å². The van der Waals surface area contributed by atoms with Crippen LogP contribution in [0.5, 0.6) is 11.5 Å². The first kappa shape index (κ1) is 28.5. The fourth-order valence-corrected chi connectivity index (χ4v) is 6.56. The number of rotatable bonds is 6. The standard InChI is InChI=1S/C37H44O2/c1-21-17-31(18-22(2)33(21)29-13-25(5)35(38-11)26(6)14-29)37(9,10)32-19-23(3)34(24(4)20-32)30-15-27(7)36(39-12)28(8)16-30/h13-20H,1-12H3. The molecule has 0 aliphatic carbocycles. The van der Waals surface area contributed by atoms with Crippen molar-refractivity contribution in [3.8, 4) is 33.8 Å². The highest BCUT2D eigenvalue weighted by molar-refractivity contribution is 5.76. The van der Waals surface area contributed by atoms with Crippen molar-refractivity contribution in [2.75, 3.05) is 14.2 Å². The monoisotopic (exact) mass is 520 g/mol. The highest BCUT2D eigenvalue weighted by atomic mass is 16.5. The lowest BCUT2D eigenvalue weighted by Crippen LogP contribution is -2.20. The smallest absolute Gasteiger partial charge is 0.124 e. The van der Waals surface area contributed by atoms with Crippen LogP contribution in [0.3, 0.4) is 0 Å². The van der Waals surface area contributed by atoms with E-state index in [9.17, 15) is 0 Å². The van der Waals surface area contributed by atoms with Gasteiger partial charge in [-0.1, -0.05) is 38.1 Å². The van der Waals surface area contributed by atoms with Crippen LogP contribution in [0.25, 0.3) is 22.3 Å². The number of hydrogen-bond acceptors (Lipinski definition) is 2. The molecular formula is C37H44O2. The van der Waals surface area contributed by atoms with Gasteiger partial charge in [0.1, 0.15) is 11.5 Å². The van der Waals surface area contributed by atoms with Gasteiger partial charge in [0.15, 0.2) is 0 Å². The molecule has 0 fully saturated rings. The van der Waals surface area contributed by atoms with Gasteiger partial charge in [-0.2, -0.15) is 0 Å². The Labute approximate surface area is 236 Å². The van der Waals surface area contributed by atoms with Gasteiger partial charge in [0.2, 0.25) is 0 Å². The molecule has 0 heterocycles. The highest BCUT2D eigenvalue weighted by Crippen LogP contribution is 2.41. The van der Waals surface area contributed by atoms with Gasteiger partial charge in [0.05, 0.1) is 14.2 Å². The fourth-order valence-electron chi connectivity index (χ4n) is 6.56. The van der Waals surface area contributed by atoms with Crippen LogP contribution >= 0.6 is 0 Å². The van der Waals surface area contributed by atoms with Crippen LogP contribution in [0.2, 0.25) is 0 Å². The molecule has 0 saturated heterocycles. The summed E-state index contributed by atoms with van der Waals surface area (Å²) in [7, 11) is 3.49. The lowest BCUT2D eigenvalue weighted by Gasteiger charge is -2.30. The van der Waals surface area contributed by atoms with Crippen molar-refractivity contribution in [3.63, 3.8) is 0 Å². The third-order valence-electron chi connectivity index (χ3n) is 8.42. The normalized spacial score (nSPS) is 11.6. The molecule has 0 atom stereocenters. The first-order valence-electron chi connectivity index (χ1n) is 13.8. The number of ether oxygens (including phenoxy) is 2. The third kappa shape index (κ3) is 5.10. The molecule has 4 rings (SSSR count). The minimum Gasteiger partial charge on any atom is -0.496 e. The Morgan fingerprint density at radius 3 is 0.897 bits per heavy atom. The number of aryl methyl sites for hydroxylation is 8. The van der Waals surface area contributed by atoms with Crippen LogP contribution < -0.4 is 9.47 Å². The molecule has 39 heavy (non-hydrogen) atoms. The van der Waals surface area contributed by atoms with Crippen LogP contribution in [0, 0.1) is 55.4 Å². The van der Waals surface area contributed by atoms with Crippen LogP contribution in [0.4, 0.5) is 0 Å². The van der Waals surface area contributed by atoms with Gasteiger partial charge in [0, 0.05) is 5.41 Å². The van der Waals surface area contributed by atoms with Crippen molar-refractivity contribution in [1.82, 2.24) is 0 Å². The van der Waals surface area contributed by atoms with E-state index in [-0.39, 0.29) is 5.41 Å². The first-order valence-corrected chi connectivity index (χ1v) is 13.8. The molecule has 2 nitrogen and oxygen atoms in total. The molecule has 0 radical (unpaired) electrons. The highest BCUT2D eigenvalue weighted by Gasteiger charge is 2.26. The molecule has 0 unspecified atom stereocenters. The number of benzene rings is 4. The van der Waals surface area contributed by atoms with Gasteiger partial charge in [-0.3, -0.25) is 0 Å². The zero-order valence-corrected chi connectivity index (χ0v) is 25.9. The Bertz CT molecular complexity index is 1360. The maximum absolute atomic E-state index is 5.61. The van der Waals surface area contributed by atoms with Crippen molar-refractivity contribution in [2.24, 2.45) is 0 Å². The molecule has 0 aliphatic heterocycles. The van der Waals surface area contributed by atoms with E-state index in [1.165, 1.54) is 77.9 Å². The SMILES string of the molecule is COc1c(C)cc(-c2c(C)cc(C(C)(C)c3cc(C)c(-c4cc(C)c(OC)c(C)c4)c(C)c3)cc2C)cc1C. The van der Waals surface area contributed by atoms with Gasteiger partial charge in [-0.15, -0.1) is 0 Å². The molecule has 0 saturated carbocycles. The van der Waals surface area contributed by atoms with Crippen molar-refractivity contribution < 1.29 is 9.47 Å². The summed E-state index contributed by atoms with van der Waals surface area (Å²) in [6.07, 6.45) is 0. The zero-order chi connectivity index (χ0) is 28.8. The summed E-state index contributed by atoms with van der Waals surface area (Å²) < 4.78 is 11.2. The maximum atomic E-state index is 5.61. The second kappa shape index (κ2) is 10.6. The molecule has 4 aromatic rings. The molecule has 0 bridgehead atoms. The third-order valence-corrected chi connectivity index (χ3v) is 8.42. The van der Waals surface area contributed by atoms with Gasteiger partial charge in [-0.05, 0) is 158 Å². The van der Waals surface area contributed by atoms with E-state index in [1.54, 1.807) is 14.2 Å². The van der Waals surface area contributed by atoms with Crippen LogP contribution in [0.1, 0.15) is 69.5 Å². The minimum atomic E-state index is -0.139. The van der Waals surface area contributed by atoms with Crippen LogP contribution in [0.15, 0.2) is 48.5 Å². The van der Waals surface area contributed by atoms with Gasteiger partial charge >= 0.3 is 0 Å². The summed E-state index contributed by atoms with van der Waals surface area (Å²) in [5.41, 5.74) is 17.6. The summed E-state index contributed by atoms with van der Waals surface area (Å²) in [6.45, 7) is 22.2. The minimum absolute atomic E-state index is 0.139. The predicted octanol–water partition coefficient (Wildman–Crippen LogP) is 9.83. The topological polar surface area (TPSA) is 18.5 Å². The van der Waals surface area contributed by atoms with Crippen LogP contribution in [-0.2, 0) is 5.41 Å². The van der Waals surface area contributed by atoms with E-state index in [0.717, 1.165) is 11.5 Å². The maximum Gasteiger partial charge on any atom is 0.124 e. The van der Waals surface area contributed by atoms with E-state index < -0.39 is 0 Å². The van der Waals surface area contributed by atoms with E-state index in [1.807, 2.05) is 0 Å². The Kier molecular flexibility index (Phi) is 7.72. The lowest BCUT2D eigenvalue weighted by atomic mass is 9.74. The molecule has 0 aliphatic rings. The van der Waals surface area contributed by atoms with E-state index >= 15 is 0 Å². The number of methoxy groups -OCH3 is 2. The Balaban J connectivity index is 1.78. The summed E-state index contributed by atoms with van der Waals surface area (Å²) in [5, 5.41) is 0. The average Bonchev–Trinajstić information content (AvgIpc) is 2.83. The molecule has 0 aromatic heterocycles. The molecule has 4 aromatic carbocycles. The van der Waals surface area contributed by atoms with Gasteiger partial charge in [-0.25, -0.2) is 0 Å². The average molecular weight is 521 g/mol. The zero-order valence-electron chi connectivity index (χ0n) is 25.9. The van der Waals surface area contributed by atoms with Gasteiger partial charge in [0.25, 0.3) is 0 Å². The molecule has 204 valence electrons. The van der Waals surface area contributed by atoms with E-state index in [2.05, 4.69) is 118 Å². The van der Waals surface area contributed by atoms with Crippen molar-refractivity contribution in [2.45, 2.75) is 74.7 Å². The van der Waals surface area contributed by atoms with Crippen molar-refractivity contribution in [1.29, 1.82) is 0 Å². The van der Waals surface area contributed by atoms with E-state index in [4.69, 9.17) is 9.47 Å². The molecular weight excluding hydrogens is 476 g/mol.